The lowest BCUT2D eigenvalue weighted by atomic mass is 9.94. The van der Waals surface area contributed by atoms with Crippen LogP contribution in [-0.2, 0) is 4.74 Å². The number of hydrogen-bond donors (Lipinski definition) is 1. The van der Waals surface area contributed by atoms with Gasteiger partial charge in [0.25, 0.3) is 5.91 Å². The lowest BCUT2D eigenvalue weighted by molar-refractivity contribution is -0.184. The summed E-state index contributed by atoms with van der Waals surface area (Å²) in [5.74, 6) is -1.36. The molecule has 1 aromatic heterocycles. The predicted molar refractivity (Wildman–Crippen MR) is 83.5 cm³/mol. The van der Waals surface area contributed by atoms with Crippen molar-refractivity contribution in [2.24, 2.45) is 0 Å². The molecule has 0 bridgehead atoms. The summed E-state index contributed by atoms with van der Waals surface area (Å²) in [7, 11) is 0. The first-order chi connectivity index (χ1) is 10.8. The molecule has 2 aliphatic rings. The van der Waals surface area contributed by atoms with Crippen LogP contribution >= 0.6 is 0 Å². The molecule has 6 heteroatoms. The number of carboxylic acid groups (broad SMARTS) is 1. The molecule has 1 spiro atoms. The molecule has 3 rings (SSSR count). The van der Waals surface area contributed by atoms with Gasteiger partial charge in [-0.25, -0.2) is 9.78 Å². The Labute approximate surface area is 135 Å². The Morgan fingerprint density at radius 2 is 1.83 bits per heavy atom. The fourth-order valence-corrected chi connectivity index (χ4v) is 3.77. The van der Waals surface area contributed by atoms with Crippen molar-refractivity contribution in [2.75, 3.05) is 13.1 Å². The van der Waals surface area contributed by atoms with Gasteiger partial charge in [0.1, 0.15) is 11.4 Å². The molecule has 1 saturated heterocycles. The van der Waals surface area contributed by atoms with Crippen LogP contribution in [0.5, 0.6) is 0 Å². The van der Waals surface area contributed by atoms with E-state index >= 15 is 0 Å². The molecule has 1 amide bonds. The van der Waals surface area contributed by atoms with Crippen LogP contribution in [0.1, 0.15) is 60.5 Å². The van der Waals surface area contributed by atoms with E-state index in [1.54, 1.807) is 17.0 Å². The number of amides is 1. The first-order valence-corrected chi connectivity index (χ1v) is 8.00. The monoisotopic (exact) mass is 318 g/mol. The highest BCUT2D eigenvalue weighted by molar-refractivity contribution is 5.94. The van der Waals surface area contributed by atoms with E-state index in [-0.39, 0.29) is 22.9 Å². The summed E-state index contributed by atoms with van der Waals surface area (Å²) in [6.45, 7) is 5.02. The zero-order chi connectivity index (χ0) is 16.7. The number of morpholine rings is 1. The third-order valence-corrected chi connectivity index (χ3v) is 4.53. The van der Waals surface area contributed by atoms with Crippen molar-refractivity contribution in [1.29, 1.82) is 0 Å². The zero-order valence-electron chi connectivity index (χ0n) is 13.5. The molecule has 1 saturated carbocycles. The fourth-order valence-electron chi connectivity index (χ4n) is 3.77. The van der Waals surface area contributed by atoms with Crippen LogP contribution in [0.2, 0.25) is 0 Å². The number of hydrogen-bond acceptors (Lipinski definition) is 4. The van der Waals surface area contributed by atoms with Gasteiger partial charge in [0.2, 0.25) is 0 Å². The topological polar surface area (TPSA) is 79.7 Å². The second-order valence-corrected chi connectivity index (χ2v) is 7.13. The number of aromatic nitrogens is 1. The Kier molecular flexibility index (Phi) is 3.88. The first-order valence-electron chi connectivity index (χ1n) is 8.00. The number of pyridine rings is 1. The van der Waals surface area contributed by atoms with Crippen LogP contribution in [0.3, 0.4) is 0 Å². The highest BCUT2D eigenvalue weighted by Crippen LogP contribution is 2.40. The maximum Gasteiger partial charge on any atom is 0.354 e. The van der Waals surface area contributed by atoms with Crippen molar-refractivity contribution < 1.29 is 19.4 Å². The minimum absolute atomic E-state index is 0.112. The summed E-state index contributed by atoms with van der Waals surface area (Å²) in [4.78, 5) is 29.6. The number of carbonyl (C=O) groups excluding carboxylic acids is 1. The van der Waals surface area contributed by atoms with Crippen LogP contribution in [0.25, 0.3) is 0 Å². The number of rotatable bonds is 2. The molecule has 0 unspecified atom stereocenters. The average molecular weight is 318 g/mol. The number of aromatic carboxylic acids is 1. The third kappa shape index (κ3) is 3.22. The third-order valence-electron chi connectivity index (χ3n) is 4.53. The summed E-state index contributed by atoms with van der Waals surface area (Å²) in [5, 5.41) is 9.04. The SMILES string of the molecule is CC1(C)CN(C(=O)c2cccc(C(=O)O)n2)CC2(CCCC2)O1. The van der Waals surface area contributed by atoms with Gasteiger partial charge in [0.05, 0.1) is 17.7 Å². The lowest BCUT2D eigenvalue weighted by Crippen LogP contribution is -2.60. The average Bonchev–Trinajstić information content (AvgIpc) is 2.92. The molecule has 2 fully saturated rings. The van der Waals surface area contributed by atoms with Gasteiger partial charge < -0.3 is 14.7 Å². The maximum atomic E-state index is 12.8. The van der Waals surface area contributed by atoms with Gasteiger partial charge in [-0.1, -0.05) is 18.9 Å². The van der Waals surface area contributed by atoms with E-state index in [0.29, 0.717) is 13.1 Å². The smallest absolute Gasteiger partial charge is 0.354 e. The first kappa shape index (κ1) is 15.9. The van der Waals surface area contributed by atoms with Crippen LogP contribution in [-0.4, -0.2) is 51.2 Å². The van der Waals surface area contributed by atoms with Crippen molar-refractivity contribution in [2.45, 2.75) is 50.7 Å². The minimum atomic E-state index is -1.13. The predicted octanol–water partition coefficient (Wildman–Crippen LogP) is 2.34. The molecule has 0 atom stereocenters. The molecule has 1 aromatic rings. The maximum absolute atomic E-state index is 12.8. The largest absolute Gasteiger partial charge is 0.477 e. The van der Waals surface area contributed by atoms with E-state index in [1.165, 1.54) is 6.07 Å². The number of ether oxygens (including phenoxy) is 1. The Balaban J connectivity index is 1.86. The van der Waals surface area contributed by atoms with Crippen LogP contribution in [0.4, 0.5) is 0 Å². The van der Waals surface area contributed by atoms with Gasteiger partial charge >= 0.3 is 5.97 Å². The van der Waals surface area contributed by atoms with E-state index in [2.05, 4.69) is 4.98 Å². The molecule has 2 heterocycles. The Morgan fingerprint density at radius 1 is 1.17 bits per heavy atom. The molecule has 0 radical (unpaired) electrons. The molecule has 6 nitrogen and oxygen atoms in total. The van der Waals surface area contributed by atoms with Crippen molar-refractivity contribution >= 4 is 11.9 Å². The Bertz CT molecular complexity index is 635. The molecular weight excluding hydrogens is 296 g/mol. The number of carbonyl (C=O) groups is 2. The highest BCUT2D eigenvalue weighted by atomic mass is 16.5. The summed E-state index contributed by atoms with van der Waals surface area (Å²) >= 11 is 0. The van der Waals surface area contributed by atoms with E-state index in [0.717, 1.165) is 25.7 Å². The van der Waals surface area contributed by atoms with Crippen molar-refractivity contribution in [1.82, 2.24) is 9.88 Å². The second kappa shape index (κ2) is 5.60. The second-order valence-electron chi connectivity index (χ2n) is 7.13. The summed E-state index contributed by atoms with van der Waals surface area (Å²) in [6, 6.07) is 4.51. The van der Waals surface area contributed by atoms with Gasteiger partial charge in [-0.15, -0.1) is 0 Å². The van der Waals surface area contributed by atoms with Crippen LogP contribution < -0.4 is 0 Å². The standard InChI is InChI=1S/C17H22N2O4/c1-16(2)10-19(11-17(23-16)8-3-4-9-17)14(20)12-6-5-7-13(18-12)15(21)22/h5-7H,3-4,8-11H2,1-2H3,(H,21,22). The fraction of sp³-hybridized carbons (Fsp3) is 0.588. The van der Waals surface area contributed by atoms with Crippen LogP contribution in [0, 0.1) is 0 Å². The van der Waals surface area contributed by atoms with Crippen LogP contribution in [0.15, 0.2) is 18.2 Å². The van der Waals surface area contributed by atoms with Gasteiger partial charge in [-0.3, -0.25) is 4.79 Å². The molecule has 124 valence electrons. The number of carboxylic acids is 1. The van der Waals surface area contributed by atoms with Gasteiger partial charge in [-0.2, -0.15) is 0 Å². The van der Waals surface area contributed by atoms with Crippen molar-refractivity contribution in [3.8, 4) is 0 Å². The molecular formula is C17H22N2O4. The highest BCUT2D eigenvalue weighted by Gasteiger charge is 2.47. The summed E-state index contributed by atoms with van der Waals surface area (Å²) in [6.07, 6.45) is 4.15. The minimum Gasteiger partial charge on any atom is -0.477 e. The Hall–Kier alpha value is -1.95. The van der Waals surface area contributed by atoms with Crippen molar-refractivity contribution in [3.63, 3.8) is 0 Å². The van der Waals surface area contributed by atoms with E-state index in [1.807, 2.05) is 13.8 Å². The van der Waals surface area contributed by atoms with Gasteiger partial charge in [0.15, 0.2) is 0 Å². The molecule has 1 aliphatic carbocycles. The molecule has 0 aromatic carbocycles. The van der Waals surface area contributed by atoms with Gasteiger partial charge in [0, 0.05) is 6.54 Å². The zero-order valence-corrected chi connectivity index (χ0v) is 13.5. The van der Waals surface area contributed by atoms with E-state index in [9.17, 15) is 9.59 Å². The van der Waals surface area contributed by atoms with E-state index < -0.39 is 11.6 Å². The van der Waals surface area contributed by atoms with Crippen molar-refractivity contribution in [3.05, 3.63) is 29.6 Å². The normalized spacial score (nSPS) is 22.3. The van der Waals surface area contributed by atoms with E-state index in [4.69, 9.17) is 9.84 Å². The summed E-state index contributed by atoms with van der Waals surface area (Å²) < 4.78 is 6.29. The lowest BCUT2D eigenvalue weighted by Gasteiger charge is -2.48. The number of nitrogens with zero attached hydrogens (tertiary/aromatic N) is 2. The Morgan fingerprint density at radius 3 is 2.48 bits per heavy atom. The molecule has 1 aliphatic heterocycles. The quantitative estimate of drug-likeness (QED) is 0.905. The van der Waals surface area contributed by atoms with Gasteiger partial charge in [-0.05, 0) is 38.8 Å². The molecule has 1 N–H and O–H groups in total. The summed E-state index contributed by atoms with van der Waals surface area (Å²) in [5.41, 5.74) is -0.612. The molecule has 23 heavy (non-hydrogen) atoms.